The maximum absolute atomic E-state index is 12.5. The molecule has 0 radical (unpaired) electrons. The van der Waals surface area contributed by atoms with Gasteiger partial charge in [0.2, 0.25) is 11.8 Å². The second kappa shape index (κ2) is 5.03. The summed E-state index contributed by atoms with van der Waals surface area (Å²) in [6.45, 7) is 0.428. The van der Waals surface area contributed by atoms with E-state index in [-0.39, 0.29) is 18.8 Å². The van der Waals surface area contributed by atoms with Crippen LogP contribution >= 0.6 is 0 Å². The number of amides is 2. The van der Waals surface area contributed by atoms with E-state index in [1.54, 1.807) is 6.92 Å². The first-order valence-corrected chi connectivity index (χ1v) is 5.35. The monoisotopic (exact) mass is 252 g/mol. The number of nitrogens with two attached hydrogens (primary N) is 1. The van der Waals surface area contributed by atoms with Crippen LogP contribution in [0.25, 0.3) is 0 Å². The number of imide groups is 1. The Hall–Kier alpha value is -1.11. The highest BCUT2D eigenvalue weighted by molar-refractivity contribution is 5.97. The van der Waals surface area contributed by atoms with E-state index in [1.807, 2.05) is 0 Å². The Morgan fingerprint density at radius 3 is 2.18 bits per heavy atom. The zero-order valence-corrected chi connectivity index (χ0v) is 9.46. The van der Waals surface area contributed by atoms with Crippen LogP contribution in [0.2, 0.25) is 0 Å². The molecule has 0 aromatic rings. The molecule has 1 saturated heterocycles. The van der Waals surface area contributed by atoms with Gasteiger partial charge in [-0.15, -0.1) is 0 Å². The van der Waals surface area contributed by atoms with E-state index >= 15 is 0 Å². The Morgan fingerprint density at radius 2 is 1.82 bits per heavy atom. The standard InChI is InChI=1S/C10H15F3N2O2/c1-6-2-8(16)15(9(17)3-6)5-7(4-14)10(11,12)13/h6-7H,2-5,14H2,1H3. The summed E-state index contributed by atoms with van der Waals surface area (Å²) in [5.41, 5.74) is 5.03. The molecule has 2 amide bonds. The first-order chi connectivity index (χ1) is 7.75. The predicted octanol–water partition coefficient (Wildman–Crippen LogP) is 0.909. The summed E-state index contributed by atoms with van der Waals surface area (Å²) in [6.07, 6.45) is -4.26. The van der Waals surface area contributed by atoms with Gasteiger partial charge >= 0.3 is 6.18 Å². The van der Waals surface area contributed by atoms with Crippen molar-refractivity contribution >= 4 is 11.8 Å². The highest BCUT2D eigenvalue weighted by Gasteiger charge is 2.42. The van der Waals surface area contributed by atoms with Crippen molar-refractivity contribution in [2.45, 2.75) is 25.9 Å². The van der Waals surface area contributed by atoms with E-state index in [1.165, 1.54) is 0 Å². The lowest BCUT2D eigenvalue weighted by atomic mass is 9.96. The molecular weight excluding hydrogens is 237 g/mol. The van der Waals surface area contributed by atoms with Crippen molar-refractivity contribution in [1.29, 1.82) is 0 Å². The minimum Gasteiger partial charge on any atom is -0.330 e. The minimum absolute atomic E-state index is 0.103. The highest BCUT2D eigenvalue weighted by Crippen LogP contribution is 2.28. The Bertz CT molecular complexity index is 299. The molecular formula is C10H15F3N2O2. The SMILES string of the molecule is CC1CC(=O)N(CC(CN)C(F)(F)F)C(=O)C1. The molecule has 0 bridgehead atoms. The van der Waals surface area contributed by atoms with Crippen molar-refractivity contribution < 1.29 is 22.8 Å². The highest BCUT2D eigenvalue weighted by atomic mass is 19.4. The smallest absolute Gasteiger partial charge is 0.330 e. The topological polar surface area (TPSA) is 63.4 Å². The van der Waals surface area contributed by atoms with E-state index in [0.717, 1.165) is 0 Å². The number of carbonyl (C=O) groups excluding carboxylic acids is 2. The molecule has 0 spiro atoms. The first-order valence-electron chi connectivity index (χ1n) is 5.35. The number of likely N-dealkylation sites (tertiary alicyclic amines) is 1. The van der Waals surface area contributed by atoms with E-state index in [4.69, 9.17) is 5.73 Å². The third kappa shape index (κ3) is 3.42. The third-order valence-electron chi connectivity index (χ3n) is 2.80. The van der Waals surface area contributed by atoms with Gasteiger partial charge in [-0.2, -0.15) is 13.2 Å². The molecule has 98 valence electrons. The summed E-state index contributed by atoms with van der Waals surface area (Å²) in [5.74, 6) is -3.04. The molecule has 1 heterocycles. The van der Waals surface area contributed by atoms with E-state index in [2.05, 4.69) is 0 Å². The largest absolute Gasteiger partial charge is 0.394 e. The van der Waals surface area contributed by atoms with Crippen molar-refractivity contribution in [1.82, 2.24) is 4.90 Å². The summed E-state index contributed by atoms with van der Waals surface area (Å²) in [6, 6.07) is 0. The van der Waals surface area contributed by atoms with Gasteiger partial charge in [0.1, 0.15) is 0 Å². The van der Waals surface area contributed by atoms with Gasteiger partial charge in [0, 0.05) is 25.9 Å². The number of alkyl halides is 3. The molecule has 1 rings (SSSR count). The number of hydrogen-bond acceptors (Lipinski definition) is 3. The molecule has 1 aliphatic heterocycles. The van der Waals surface area contributed by atoms with Crippen molar-refractivity contribution in [3.63, 3.8) is 0 Å². The van der Waals surface area contributed by atoms with Crippen molar-refractivity contribution in [3.8, 4) is 0 Å². The lowest BCUT2D eigenvalue weighted by Crippen LogP contribution is -2.49. The second-order valence-electron chi connectivity index (χ2n) is 4.39. The average Bonchev–Trinajstić information content (AvgIpc) is 2.14. The third-order valence-corrected chi connectivity index (χ3v) is 2.80. The van der Waals surface area contributed by atoms with Crippen molar-refractivity contribution in [2.75, 3.05) is 13.1 Å². The molecule has 1 atom stereocenters. The molecule has 0 aliphatic carbocycles. The van der Waals surface area contributed by atoms with Crippen LogP contribution in [0.1, 0.15) is 19.8 Å². The number of piperidine rings is 1. The Labute approximate surface area is 96.9 Å². The van der Waals surface area contributed by atoms with Crippen LogP contribution in [0.15, 0.2) is 0 Å². The number of hydrogen-bond donors (Lipinski definition) is 1. The maximum atomic E-state index is 12.5. The zero-order chi connectivity index (χ0) is 13.2. The van der Waals surface area contributed by atoms with E-state index in [0.29, 0.717) is 4.90 Å². The van der Waals surface area contributed by atoms with Gasteiger partial charge in [-0.1, -0.05) is 6.92 Å². The summed E-state index contributed by atoms with van der Waals surface area (Å²) < 4.78 is 37.4. The van der Waals surface area contributed by atoms with Crippen LogP contribution in [0.4, 0.5) is 13.2 Å². The molecule has 0 aromatic heterocycles. The fraction of sp³-hybridized carbons (Fsp3) is 0.800. The minimum atomic E-state index is -4.49. The van der Waals surface area contributed by atoms with Gasteiger partial charge in [-0.25, -0.2) is 0 Å². The Kier molecular flexibility index (Phi) is 4.13. The van der Waals surface area contributed by atoms with Gasteiger partial charge in [-0.3, -0.25) is 14.5 Å². The van der Waals surface area contributed by atoms with Gasteiger partial charge in [0.05, 0.1) is 5.92 Å². The van der Waals surface area contributed by atoms with Gasteiger partial charge in [0.15, 0.2) is 0 Å². The number of halogens is 3. The van der Waals surface area contributed by atoms with Gasteiger partial charge < -0.3 is 5.73 Å². The first kappa shape index (κ1) is 14.0. The van der Waals surface area contributed by atoms with Crippen molar-refractivity contribution in [3.05, 3.63) is 0 Å². The molecule has 0 aromatic carbocycles. The average molecular weight is 252 g/mol. The Balaban J connectivity index is 2.73. The van der Waals surface area contributed by atoms with Crippen LogP contribution in [0.3, 0.4) is 0 Å². The van der Waals surface area contributed by atoms with Crippen LogP contribution < -0.4 is 5.73 Å². The maximum Gasteiger partial charge on any atom is 0.394 e. The molecule has 7 heteroatoms. The number of carbonyl (C=O) groups is 2. The van der Waals surface area contributed by atoms with Gasteiger partial charge in [0.25, 0.3) is 0 Å². The zero-order valence-electron chi connectivity index (χ0n) is 9.46. The second-order valence-corrected chi connectivity index (χ2v) is 4.39. The van der Waals surface area contributed by atoms with Crippen LogP contribution in [-0.2, 0) is 9.59 Å². The summed E-state index contributed by atoms with van der Waals surface area (Å²) in [5, 5.41) is 0. The quantitative estimate of drug-likeness (QED) is 0.759. The van der Waals surface area contributed by atoms with Crippen LogP contribution in [-0.4, -0.2) is 36.0 Å². The van der Waals surface area contributed by atoms with E-state index < -0.39 is 37.0 Å². The lowest BCUT2D eigenvalue weighted by Gasteiger charge is -2.31. The van der Waals surface area contributed by atoms with Gasteiger partial charge in [-0.05, 0) is 5.92 Å². The molecule has 1 unspecified atom stereocenters. The fourth-order valence-electron chi connectivity index (χ4n) is 1.76. The molecule has 1 fully saturated rings. The van der Waals surface area contributed by atoms with E-state index in [9.17, 15) is 22.8 Å². The number of nitrogens with zero attached hydrogens (tertiary/aromatic N) is 1. The summed E-state index contributed by atoms with van der Waals surface area (Å²) >= 11 is 0. The molecule has 1 aliphatic rings. The Morgan fingerprint density at radius 1 is 1.35 bits per heavy atom. The molecule has 4 nitrogen and oxygen atoms in total. The van der Waals surface area contributed by atoms with Crippen LogP contribution in [0.5, 0.6) is 0 Å². The predicted molar refractivity (Wildman–Crippen MR) is 53.7 cm³/mol. The lowest BCUT2D eigenvalue weighted by molar-refractivity contribution is -0.180. The molecule has 2 N–H and O–H groups in total. The summed E-state index contributed by atoms with van der Waals surface area (Å²) in [4.78, 5) is 23.7. The fourth-order valence-corrected chi connectivity index (χ4v) is 1.76. The van der Waals surface area contributed by atoms with Crippen LogP contribution in [0, 0.1) is 11.8 Å². The molecule has 17 heavy (non-hydrogen) atoms. The van der Waals surface area contributed by atoms with Crippen molar-refractivity contribution in [2.24, 2.45) is 17.6 Å². The summed E-state index contributed by atoms with van der Waals surface area (Å²) in [7, 11) is 0. The molecule has 0 saturated carbocycles. The normalized spacial score (nSPS) is 20.9. The number of rotatable bonds is 3.